The van der Waals surface area contributed by atoms with Crippen molar-refractivity contribution in [1.29, 1.82) is 0 Å². The largest absolute Gasteiger partial charge is 0.316 e. The van der Waals surface area contributed by atoms with E-state index in [4.69, 9.17) is 6.42 Å². The van der Waals surface area contributed by atoms with Crippen LogP contribution in [0.3, 0.4) is 0 Å². The van der Waals surface area contributed by atoms with E-state index >= 15 is 0 Å². The zero-order valence-corrected chi connectivity index (χ0v) is 12.0. The average molecular weight is 253 g/mol. The first-order valence-electron chi connectivity index (χ1n) is 6.48. The molecule has 2 atom stereocenters. The molecule has 0 saturated carbocycles. The zero-order valence-electron chi connectivity index (χ0n) is 11.2. The van der Waals surface area contributed by atoms with E-state index in [0.717, 1.165) is 6.42 Å². The Morgan fingerprint density at radius 3 is 2.76 bits per heavy atom. The maximum atomic E-state index is 12.0. The van der Waals surface area contributed by atoms with E-state index in [1.165, 1.54) is 25.7 Å². The quantitative estimate of drug-likeness (QED) is 0.535. The number of thioether (sulfide) groups is 1. The Kier molecular flexibility index (Phi) is 5.39. The van der Waals surface area contributed by atoms with Crippen LogP contribution in [0.25, 0.3) is 0 Å². The molecule has 1 saturated heterocycles. The van der Waals surface area contributed by atoms with Crippen LogP contribution in [0, 0.1) is 12.3 Å². The Hall–Kier alpha value is -0.620. The van der Waals surface area contributed by atoms with Crippen LogP contribution in [-0.4, -0.2) is 27.5 Å². The summed E-state index contributed by atoms with van der Waals surface area (Å²) in [6.07, 6.45) is 11.4. The molecule has 0 aliphatic carbocycles. The summed E-state index contributed by atoms with van der Waals surface area (Å²) >= 11 is 1.76. The lowest BCUT2D eigenvalue weighted by atomic mass is 10.1. The minimum Gasteiger partial charge on any atom is -0.316 e. The fourth-order valence-corrected chi connectivity index (χ4v) is 3.89. The molecular formula is C14H23NOS. The standard InChI is InChI=1S/C14H23NOS/c1-5-7-8-9-10-14(4)15(11-6-2)13(16)12(3)17-14/h2,12H,5,7-11H2,1,3-4H3. The molecular weight excluding hydrogens is 230 g/mol. The van der Waals surface area contributed by atoms with Gasteiger partial charge in [-0.2, -0.15) is 0 Å². The predicted molar refractivity (Wildman–Crippen MR) is 74.8 cm³/mol. The molecule has 0 radical (unpaired) electrons. The Morgan fingerprint density at radius 2 is 2.18 bits per heavy atom. The van der Waals surface area contributed by atoms with Gasteiger partial charge >= 0.3 is 0 Å². The molecule has 96 valence electrons. The van der Waals surface area contributed by atoms with Crippen LogP contribution in [0.4, 0.5) is 0 Å². The number of carbonyl (C=O) groups excluding carboxylic acids is 1. The average Bonchev–Trinajstić information content (AvgIpc) is 2.50. The molecule has 0 spiro atoms. The molecule has 1 aliphatic rings. The minimum absolute atomic E-state index is 0.0551. The smallest absolute Gasteiger partial charge is 0.237 e. The predicted octanol–water partition coefficient (Wildman–Crippen LogP) is 3.27. The number of hydrogen-bond acceptors (Lipinski definition) is 2. The Morgan fingerprint density at radius 1 is 1.47 bits per heavy atom. The molecule has 2 nitrogen and oxygen atoms in total. The van der Waals surface area contributed by atoms with Gasteiger partial charge in [-0.3, -0.25) is 4.79 Å². The van der Waals surface area contributed by atoms with Crippen molar-refractivity contribution < 1.29 is 4.79 Å². The Bertz CT molecular complexity index is 310. The highest BCUT2D eigenvalue weighted by atomic mass is 32.2. The summed E-state index contributed by atoms with van der Waals surface area (Å²) in [6.45, 7) is 6.79. The molecule has 0 N–H and O–H groups in total. The van der Waals surface area contributed by atoms with E-state index in [2.05, 4.69) is 19.8 Å². The van der Waals surface area contributed by atoms with Crippen molar-refractivity contribution in [2.75, 3.05) is 6.54 Å². The Labute approximate surface area is 110 Å². The van der Waals surface area contributed by atoms with Crippen LogP contribution in [-0.2, 0) is 4.79 Å². The molecule has 1 rings (SSSR count). The van der Waals surface area contributed by atoms with Crippen LogP contribution in [0.15, 0.2) is 0 Å². The number of hydrogen-bond donors (Lipinski definition) is 0. The van der Waals surface area contributed by atoms with Gasteiger partial charge in [0.15, 0.2) is 0 Å². The van der Waals surface area contributed by atoms with Crippen molar-refractivity contribution in [3.8, 4) is 12.3 Å². The van der Waals surface area contributed by atoms with Gasteiger partial charge in [0.25, 0.3) is 0 Å². The SMILES string of the molecule is C#CCN1C(=O)C(C)SC1(C)CCCCCC. The molecule has 0 bridgehead atoms. The zero-order chi connectivity index (χ0) is 12.9. The molecule has 0 aromatic heterocycles. The van der Waals surface area contributed by atoms with Gasteiger partial charge in [-0.1, -0.05) is 38.5 Å². The second kappa shape index (κ2) is 6.35. The second-order valence-electron chi connectivity index (χ2n) is 4.87. The van der Waals surface area contributed by atoms with Gasteiger partial charge in [0.05, 0.1) is 16.7 Å². The third kappa shape index (κ3) is 3.42. The monoisotopic (exact) mass is 253 g/mol. The second-order valence-corrected chi connectivity index (χ2v) is 6.70. The topological polar surface area (TPSA) is 20.3 Å². The molecule has 1 amide bonds. The molecule has 0 aromatic carbocycles. The van der Waals surface area contributed by atoms with Crippen molar-refractivity contribution in [2.24, 2.45) is 0 Å². The minimum atomic E-state index is -0.0867. The third-order valence-corrected chi connectivity index (χ3v) is 4.85. The molecule has 1 aliphatic heterocycles. The first kappa shape index (κ1) is 14.4. The van der Waals surface area contributed by atoms with E-state index in [-0.39, 0.29) is 16.0 Å². The fourth-order valence-electron chi connectivity index (χ4n) is 2.36. The van der Waals surface area contributed by atoms with E-state index < -0.39 is 0 Å². The first-order chi connectivity index (χ1) is 8.05. The van der Waals surface area contributed by atoms with Crippen molar-refractivity contribution in [3.63, 3.8) is 0 Å². The molecule has 0 aromatic rings. The lowest BCUT2D eigenvalue weighted by molar-refractivity contribution is -0.131. The highest BCUT2D eigenvalue weighted by Crippen LogP contribution is 2.44. The van der Waals surface area contributed by atoms with Crippen LogP contribution in [0.1, 0.15) is 52.9 Å². The van der Waals surface area contributed by atoms with Crippen molar-refractivity contribution in [2.45, 2.75) is 63.0 Å². The van der Waals surface area contributed by atoms with E-state index in [9.17, 15) is 4.79 Å². The fraction of sp³-hybridized carbons (Fsp3) is 0.786. The van der Waals surface area contributed by atoms with Crippen molar-refractivity contribution in [3.05, 3.63) is 0 Å². The summed E-state index contributed by atoms with van der Waals surface area (Å²) in [6, 6.07) is 0. The van der Waals surface area contributed by atoms with Crippen LogP contribution in [0.2, 0.25) is 0 Å². The molecule has 2 unspecified atom stereocenters. The number of nitrogens with zero attached hydrogens (tertiary/aromatic N) is 1. The van der Waals surface area contributed by atoms with Gasteiger partial charge in [0, 0.05) is 0 Å². The van der Waals surface area contributed by atoms with Gasteiger partial charge in [0.1, 0.15) is 0 Å². The molecule has 1 fully saturated rings. The van der Waals surface area contributed by atoms with Crippen LogP contribution >= 0.6 is 11.8 Å². The van der Waals surface area contributed by atoms with Gasteiger partial charge in [-0.15, -0.1) is 18.2 Å². The summed E-state index contributed by atoms with van der Waals surface area (Å²) in [5, 5.41) is 0.0551. The molecule has 1 heterocycles. The maximum Gasteiger partial charge on any atom is 0.237 e. The highest BCUT2D eigenvalue weighted by Gasteiger charge is 2.45. The third-order valence-electron chi connectivity index (χ3n) is 3.36. The van der Waals surface area contributed by atoms with Gasteiger partial charge in [0.2, 0.25) is 5.91 Å². The van der Waals surface area contributed by atoms with Crippen LogP contribution in [0.5, 0.6) is 0 Å². The summed E-state index contributed by atoms with van der Waals surface area (Å²) in [4.78, 5) is 13.8. The highest BCUT2D eigenvalue weighted by molar-refractivity contribution is 8.02. The summed E-state index contributed by atoms with van der Waals surface area (Å²) in [5.74, 6) is 2.81. The van der Waals surface area contributed by atoms with Gasteiger partial charge in [-0.25, -0.2) is 0 Å². The normalized spacial score (nSPS) is 28.5. The Balaban J connectivity index is 2.59. The lowest BCUT2D eigenvalue weighted by Crippen LogP contribution is -2.42. The molecule has 17 heavy (non-hydrogen) atoms. The van der Waals surface area contributed by atoms with Gasteiger partial charge in [-0.05, 0) is 20.3 Å². The van der Waals surface area contributed by atoms with E-state index in [1.807, 2.05) is 11.8 Å². The number of terminal acetylenes is 1. The number of rotatable bonds is 6. The van der Waals surface area contributed by atoms with Gasteiger partial charge < -0.3 is 4.90 Å². The maximum absolute atomic E-state index is 12.0. The van der Waals surface area contributed by atoms with Crippen molar-refractivity contribution in [1.82, 2.24) is 4.90 Å². The van der Waals surface area contributed by atoms with Crippen molar-refractivity contribution >= 4 is 17.7 Å². The van der Waals surface area contributed by atoms with Crippen LogP contribution < -0.4 is 0 Å². The lowest BCUT2D eigenvalue weighted by Gasteiger charge is -2.33. The number of carbonyl (C=O) groups is 1. The van der Waals surface area contributed by atoms with E-state index in [0.29, 0.717) is 6.54 Å². The number of unbranched alkanes of at least 4 members (excludes halogenated alkanes) is 3. The number of amides is 1. The summed E-state index contributed by atoms with van der Waals surface area (Å²) < 4.78 is 0. The van der Waals surface area contributed by atoms with E-state index in [1.54, 1.807) is 11.8 Å². The summed E-state index contributed by atoms with van der Waals surface area (Å²) in [7, 11) is 0. The first-order valence-corrected chi connectivity index (χ1v) is 7.36. The summed E-state index contributed by atoms with van der Waals surface area (Å²) in [5.41, 5.74) is 0. The molecule has 3 heteroatoms.